The predicted molar refractivity (Wildman–Crippen MR) is 77.3 cm³/mol. The highest BCUT2D eigenvalue weighted by molar-refractivity contribution is 7.58. The lowest BCUT2D eigenvalue weighted by atomic mass is 10.2. The van der Waals surface area contributed by atoms with E-state index in [9.17, 15) is 9.59 Å². The van der Waals surface area contributed by atoms with Crippen LogP contribution >= 0.6 is 23.2 Å². The molecule has 0 spiro atoms. The Morgan fingerprint density at radius 1 is 1.30 bits per heavy atom. The van der Waals surface area contributed by atoms with Crippen LogP contribution in [0.3, 0.4) is 0 Å². The van der Waals surface area contributed by atoms with Gasteiger partial charge in [-0.2, -0.15) is 8.73 Å². The van der Waals surface area contributed by atoms with E-state index in [1.165, 1.54) is 13.0 Å². The topological polar surface area (TPSA) is 103 Å². The summed E-state index contributed by atoms with van der Waals surface area (Å²) in [6.45, 7) is 1.34. The highest BCUT2D eigenvalue weighted by Crippen LogP contribution is 2.47. The second-order valence-corrected chi connectivity index (χ2v) is 5.18. The van der Waals surface area contributed by atoms with E-state index in [1.54, 1.807) is 0 Å². The zero-order valence-electron chi connectivity index (χ0n) is 9.98. The largest absolute Gasteiger partial charge is 0.480 e. The fraction of sp³-hybridized carbons (Fsp3) is 0.200. The number of nitrogens with one attached hydrogen (secondary N) is 2. The van der Waals surface area contributed by atoms with Crippen molar-refractivity contribution in [3.63, 3.8) is 0 Å². The normalized spacial score (nSPS) is 13.3. The van der Waals surface area contributed by atoms with Crippen LogP contribution in [0.5, 0.6) is 0 Å². The molecule has 1 aliphatic rings. The summed E-state index contributed by atoms with van der Waals surface area (Å²) in [4.78, 5) is 22.4. The molecule has 1 aliphatic heterocycles. The molecule has 20 heavy (non-hydrogen) atoms. The molecule has 3 N–H and O–H groups in total. The second-order valence-electron chi connectivity index (χ2n) is 3.84. The van der Waals surface area contributed by atoms with Crippen molar-refractivity contribution >= 4 is 63.6 Å². The third-order valence-electron chi connectivity index (χ3n) is 2.40. The van der Waals surface area contributed by atoms with Gasteiger partial charge in [-0.25, -0.2) is 4.79 Å². The monoisotopic (exact) mass is 334 g/mol. The first kappa shape index (κ1) is 14.8. The molecule has 2 amide bonds. The SMILES string of the molecule is C[C@@H](NC(=O)Nc1c(Cl)cc(Cl)c2c1N=S=N2)C(=O)O. The van der Waals surface area contributed by atoms with E-state index in [2.05, 4.69) is 19.4 Å². The average molecular weight is 335 g/mol. The number of benzene rings is 1. The fourth-order valence-electron chi connectivity index (χ4n) is 1.40. The molecule has 0 saturated heterocycles. The lowest BCUT2D eigenvalue weighted by molar-refractivity contribution is -0.138. The molecule has 1 aromatic rings. The Bertz CT molecular complexity index is 673. The van der Waals surface area contributed by atoms with Crippen LogP contribution < -0.4 is 10.6 Å². The number of fused-ring (bicyclic) bond motifs is 1. The molecule has 1 heterocycles. The standard InChI is InChI=1S/C10H8Cl2N4O3S/c1-3(9(17)18)13-10(19)14-6-4(11)2-5(12)7-8(6)16-20-15-7/h2-3H,1H3,(H,17,18)(H2,13,14,19)/t3-/m1/s1. The fourth-order valence-corrected chi connectivity index (χ4v) is 2.56. The van der Waals surface area contributed by atoms with E-state index in [1.807, 2.05) is 0 Å². The number of carbonyl (C=O) groups is 2. The predicted octanol–water partition coefficient (Wildman–Crippen LogP) is 3.31. The maximum atomic E-state index is 11.7. The Labute approximate surface area is 127 Å². The number of carboxylic acid groups (broad SMARTS) is 1. The number of nitrogens with zero attached hydrogens (tertiary/aromatic N) is 2. The maximum Gasteiger partial charge on any atom is 0.325 e. The summed E-state index contributed by atoms with van der Waals surface area (Å²) in [5.74, 6) is -1.15. The number of hydrogen-bond acceptors (Lipinski definition) is 4. The first-order valence-electron chi connectivity index (χ1n) is 5.30. The molecular formula is C10H8Cl2N4O3S. The van der Waals surface area contributed by atoms with Crippen molar-refractivity contribution in [1.82, 2.24) is 5.32 Å². The smallest absolute Gasteiger partial charge is 0.325 e. The van der Waals surface area contributed by atoms with E-state index in [4.69, 9.17) is 28.3 Å². The van der Waals surface area contributed by atoms with E-state index >= 15 is 0 Å². The van der Waals surface area contributed by atoms with Crippen LogP contribution in [0.25, 0.3) is 0 Å². The summed E-state index contributed by atoms with van der Waals surface area (Å²) in [7, 11) is 0. The van der Waals surface area contributed by atoms with Crippen molar-refractivity contribution in [1.29, 1.82) is 0 Å². The molecule has 1 aromatic carbocycles. The summed E-state index contributed by atoms with van der Waals surface area (Å²) < 4.78 is 8.00. The second kappa shape index (κ2) is 5.78. The van der Waals surface area contributed by atoms with Crippen molar-refractivity contribution in [2.45, 2.75) is 13.0 Å². The molecule has 0 aromatic heterocycles. The van der Waals surface area contributed by atoms with Gasteiger partial charge in [0.1, 0.15) is 17.4 Å². The zero-order chi connectivity index (χ0) is 14.9. The number of carboxylic acids is 1. The van der Waals surface area contributed by atoms with Gasteiger partial charge in [-0.15, -0.1) is 0 Å². The maximum absolute atomic E-state index is 11.7. The molecule has 0 fully saturated rings. The van der Waals surface area contributed by atoms with Gasteiger partial charge in [-0.3, -0.25) is 4.79 Å². The van der Waals surface area contributed by atoms with Gasteiger partial charge in [0.05, 0.1) is 27.1 Å². The summed E-state index contributed by atoms with van der Waals surface area (Å²) >= 11 is 12.9. The molecule has 10 heteroatoms. The van der Waals surface area contributed by atoms with E-state index in [0.29, 0.717) is 16.4 Å². The molecule has 106 valence electrons. The van der Waals surface area contributed by atoms with Gasteiger partial charge in [0, 0.05) is 0 Å². The summed E-state index contributed by atoms with van der Waals surface area (Å²) in [5, 5.41) is 13.9. The molecule has 0 aliphatic carbocycles. The Morgan fingerprint density at radius 3 is 2.60 bits per heavy atom. The third-order valence-corrected chi connectivity index (χ3v) is 3.52. The number of urea groups is 1. The number of anilines is 1. The lowest BCUT2D eigenvalue weighted by Gasteiger charge is -2.13. The van der Waals surface area contributed by atoms with Gasteiger partial charge >= 0.3 is 12.0 Å². The minimum Gasteiger partial charge on any atom is -0.480 e. The Hall–Kier alpha value is -1.64. The summed E-state index contributed by atoms with van der Waals surface area (Å²) in [6, 6.07) is -0.313. The minimum atomic E-state index is -1.15. The van der Waals surface area contributed by atoms with Crippen molar-refractivity contribution in [3.8, 4) is 0 Å². The molecule has 0 unspecified atom stereocenters. The minimum absolute atomic E-state index is 0.188. The number of aliphatic carboxylic acids is 1. The molecular weight excluding hydrogens is 327 g/mol. The number of rotatable bonds is 3. The Balaban J connectivity index is 2.23. The van der Waals surface area contributed by atoms with E-state index in [-0.39, 0.29) is 10.7 Å². The zero-order valence-corrected chi connectivity index (χ0v) is 12.3. The van der Waals surface area contributed by atoms with Gasteiger partial charge in [-0.05, 0) is 13.0 Å². The van der Waals surface area contributed by atoms with Crippen molar-refractivity contribution < 1.29 is 14.7 Å². The third kappa shape index (κ3) is 2.92. The molecule has 2 rings (SSSR count). The number of carbonyl (C=O) groups excluding carboxylic acids is 1. The van der Waals surface area contributed by atoms with Crippen molar-refractivity contribution in [2.75, 3.05) is 5.32 Å². The number of hydrogen-bond donors (Lipinski definition) is 3. The number of halogens is 2. The van der Waals surface area contributed by atoms with Gasteiger partial charge in [0.2, 0.25) is 0 Å². The van der Waals surface area contributed by atoms with Gasteiger partial charge < -0.3 is 15.7 Å². The van der Waals surface area contributed by atoms with Crippen molar-refractivity contribution in [3.05, 3.63) is 16.1 Å². The number of amides is 2. The van der Waals surface area contributed by atoms with E-state index in [0.717, 1.165) is 11.4 Å². The van der Waals surface area contributed by atoms with Crippen LogP contribution in [0.15, 0.2) is 14.8 Å². The van der Waals surface area contributed by atoms with Crippen LogP contribution in [0, 0.1) is 0 Å². The first-order valence-corrected chi connectivity index (χ1v) is 6.79. The molecule has 1 atom stereocenters. The van der Waals surface area contributed by atoms with Crippen molar-refractivity contribution in [2.24, 2.45) is 8.73 Å². The van der Waals surface area contributed by atoms with Crippen LogP contribution in [0.2, 0.25) is 10.0 Å². The Kier molecular flexibility index (Phi) is 4.26. The quantitative estimate of drug-likeness (QED) is 0.801. The van der Waals surface area contributed by atoms with Crippen LogP contribution in [-0.2, 0) is 16.1 Å². The average Bonchev–Trinajstić information content (AvgIpc) is 2.83. The van der Waals surface area contributed by atoms with Gasteiger partial charge in [0.15, 0.2) is 0 Å². The highest BCUT2D eigenvalue weighted by atomic mass is 35.5. The molecule has 0 bridgehead atoms. The molecule has 0 saturated carbocycles. The van der Waals surface area contributed by atoms with E-state index < -0.39 is 18.0 Å². The molecule has 7 nitrogen and oxygen atoms in total. The van der Waals surface area contributed by atoms with Crippen LogP contribution in [-0.4, -0.2) is 23.1 Å². The summed E-state index contributed by atoms with van der Waals surface area (Å²) in [5.41, 5.74) is 1.00. The Morgan fingerprint density at radius 2 is 1.95 bits per heavy atom. The van der Waals surface area contributed by atoms with Gasteiger partial charge in [0.25, 0.3) is 0 Å². The molecule has 0 radical (unpaired) electrons. The van der Waals surface area contributed by atoms with Gasteiger partial charge in [-0.1, -0.05) is 23.2 Å². The van der Waals surface area contributed by atoms with Crippen LogP contribution in [0.1, 0.15) is 6.92 Å². The summed E-state index contributed by atoms with van der Waals surface area (Å²) in [6.07, 6.45) is 0. The highest BCUT2D eigenvalue weighted by Gasteiger charge is 2.21. The van der Waals surface area contributed by atoms with Crippen LogP contribution in [0.4, 0.5) is 21.9 Å². The lowest BCUT2D eigenvalue weighted by Crippen LogP contribution is -2.40. The first-order chi connectivity index (χ1) is 9.40.